The molecular weight excluding hydrogens is 564 g/mol. The Labute approximate surface area is 264 Å². The van der Waals surface area contributed by atoms with Gasteiger partial charge in [-0.3, -0.25) is 19.9 Å². The molecule has 8 aromatic rings. The van der Waals surface area contributed by atoms with Gasteiger partial charge in [-0.2, -0.15) is 10.5 Å². The molecule has 0 aliphatic rings. The molecule has 6 heteroatoms. The molecule has 8 rings (SSSR count). The van der Waals surface area contributed by atoms with Crippen LogP contribution in [0.1, 0.15) is 11.1 Å². The highest BCUT2D eigenvalue weighted by atomic mass is 14.8. The quantitative estimate of drug-likeness (QED) is 0.191. The van der Waals surface area contributed by atoms with E-state index in [9.17, 15) is 10.5 Å². The van der Waals surface area contributed by atoms with Crippen molar-refractivity contribution in [2.24, 2.45) is 0 Å². The van der Waals surface area contributed by atoms with E-state index in [4.69, 9.17) is 9.97 Å². The number of hydrogen-bond acceptors (Lipinski definition) is 6. The normalized spacial score (nSPS) is 11.0. The molecule has 0 bridgehead atoms. The molecule has 4 heterocycles. The Morgan fingerprint density at radius 3 is 1.85 bits per heavy atom. The monoisotopic (exact) mass is 586 g/mol. The third-order valence-corrected chi connectivity index (χ3v) is 8.35. The van der Waals surface area contributed by atoms with E-state index in [0.29, 0.717) is 22.5 Å². The van der Waals surface area contributed by atoms with E-state index in [-0.39, 0.29) is 0 Å². The van der Waals surface area contributed by atoms with Crippen LogP contribution in [0, 0.1) is 22.7 Å². The van der Waals surface area contributed by atoms with Gasteiger partial charge < -0.3 is 0 Å². The number of nitrogens with zero attached hydrogens (tertiary/aromatic N) is 6. The molecular formula is C40H22N6. The first-order valence-electron chi connectivity index (χ1n) is 14.7. The second kappa shape index (κ2) is 11.1. The fraction of sp³-hybridized carbons (Fsp3) is 0. The van der Waals surface area contributed by atoms with Crippen molar-refractivity contribution < 1.29 is 0 Å². The SMILES string of the molecule is N#Cc1cncc(-c2ccc(-c3c4ccccc4c(-c4ccc(-c5cc(C#N)ccn5)nc4)c4ccccc34)c3ncccc23)c1. The lowest BCUT2D eigenvalue weighted by molar-refractivity contribution is 1.24. The Kier molecular flexibility index (Phi) is 6.45. The summed E-state index contributed by atoms with van der Waals surface area (Å²) in [5.41, 5.74) is 9.38. The van der Waals surface area contributed by atoms with Crippen molar-refractivity contribution in [3.63, 3.8) is 0 Å². The highest BCUT2D eigenvalue weighted by Crippen LogP contribution is 2.46. The zero-order valence-corrected chi connectivity index (χ0v) is 24.4. The maximum absolute atomic E-state index is 9.49. The molecule has 6 nitrogen and oxygen atoms in total. The van der Waals surface area contributed by atoms with Crippen molar-refractivity contribution in [2.75, 3.05) is 0 Å². The van der Waals surface area contributed by atoms with Gasteiger partial charge in [-0.15, -0.1) is 0 Å². The first kappa shape index (κ1) is 26.8. The summed E-state index contributed by atoms with van der Waals surface area (Å²) >= 11 is 0. The van der Waals surface area contributed by atoms with E-state index < -0.39 is 0 Å². The minimum Gasteiger partial charge on any atom is -0.263 e. The molecule has 0 spiro atoms. The van der Waals surface area contributed by atoms with Gasteiger partial charge in [0.15, 0.2) is 0 Å². The van der Waals surface area contributed by atoms with E-state index in [1.54, 1.807) is 30.7 Å². The number of benzene rings is 4. The largest absolute Gasteiger partial charge is 0.263 e. The maximum atomic E-state index is 9.49. The van der Waals surface area contributed by atoms with Gasteiger partial charge in [0, 0.05) is 53.1 Å². The number of fused-ring (bicyclic) bond motifs is 3. The molecule has 0 unspecified atom stereocenters. The Bertz CT molecular complexity index is 2500. The Hall–Kier alpha value is -6.76. The summed E-state index contributed by atoms with van der Waals surface area (Å²) in [6.07, 6.45) is 8.71. The van der Waals surface area contributed by atoms with Crippen molar-refractivity contribution >= 4 is 32.4 Å². The third-order valence-electron chi connectivity index (χ3n) is 8.35. The van der Waals surface area contributed by atoms with Gasteiger partial charge in [0.1, 0.15) is 6.07 Å². The van der Waals surface area contributed by atoms with E-state index in [1.165, 1.54) is 0 Å². The van der Waals surface area contributed by atoms with E-state index in [1.807, 2.05) is 30.6 Å². The summed E-state index contributed by atoms with van der Waals surface area (Å²) < 4.78 is 0. The van der Waals surface area contributed by atoms with Crippen molar-refractivity contribution in [2.45, 2.75) is 0 Å². The maximum Gasteiger partial charge on any atom is 0.101 e. The van der Waals surface area contributed by atoms with Crippen LogP contribution in [0.2, 0.25) is 0 Å². The van der Waals surface area contributed by atoms with Crippen LogP contribution in [0.5, 0.6) is 0 Å². The predicted molar refractivity (Wildman–Crippen MR) is 181 cm³/mol. The first-order chi connectivity index (χ1) is 22.7. The van der Waals surface area contributed by atoms with Crippen LogP contribution in [0.3, 0.4) is 0 Å². The molecule has 212 valence electrons. The lowest BCUT2D eigenvalue weighted by atomic mass is 9.85. The summed E-state index contributed by atoms with van der Waals surface area (Å²) in [4.78, 5) is 18.4. The van der Waals surface area contributed by atoms with Gasteiger partial charge in [-0.05, 0) is 68.6 Å². The number of nitriles is 2. The van der Waals surface area contributed by atoms with Gasteiger partial charge >= 0.3 is 0 Å². The molecule has 0 amide bonds. The topological polar surface area (TPSA) is 99.1 Å². The van der Waals surface area contributed by atoms with Gasteiger partial charge in [-0.25, -0.2) is 0 Å². The first-order valence-corrected chi connectivity index (χ1v) is 14.7. The smallest absolute Gasteiger partial charge is 0.101 e. The van der Waals surface area contributed by atoms with Crippen LogP contribution in [0.4, 0.5) is 0 Å². The number of aromatic nitrogens is 4. The van der Waals surface area contributed by atoms with Crippen LogP contribution >= 0.6 is 0 Å². The summed E-state index contributed by atoms with van der Waals surface area (Å²) in [6.45, 7) is 0. The molecule has 0 aliphatic heterocycles. The Morgan fingerprint density at radius 1 is 0.457 bits per heavy atom. The molecule has 4 aromatic heterocycles. The van der Waals surface area contributed by atoms with Crippen LogP contribution in [0.15, 0.2) is 134 Å². The second-order valence-electron chi connectivity index (χ2n) is 10.9. The van der Waals surface area contributed by atoms with Gasteiger partial charge in [0.05, 0.1) is 34.1 Å². The number of hydrogen-bond donors (Lipinski definition) is 0. The molecule has 0 aliphatic carbocycles. The molecule has 0 fully saturated rings. The molecule has 4 aromatic carbocycles. The van der Waals surface area contributed by atoms with Crippen LogP contribution < -0.4 is 0 Å². The highest BCUT2D eigenvalue weighted by molar-refractivity contribution is 6.23. The van der Waals surface area contributed by atoms with Gasteiger partial charge in [0.2, 0.25) is 0 Å². The van der Waals surface area contributed by atoms with E-state index in [0.717, 1.165) is 65.8 Å². The number of rotatable bonds is 4. The molecule has 0 saturated carbocycles. The fourth-order valence-corrected chi connectivity index (χ4v) is 6.34. The molecule has 0 radical (unpaired) electrons. The summed E-state index contributed by atoms with van der Waals surface area (Å²) in [5, 5.41) is 24.2. The van der Waals surface area contributed by atoms with Crippen molar-refractivity contribution in [3.8, 4) is 56.9 Å². The highest BCUT2D eigenvalue weighted by Gasteiger charge is 2.20. The Balaban J connectivity index is 1.37. The Morgan fingerprint density at radius 2 is 1.15 bits per heavy atom. The predicted octanol–water partition coefficient (Wildman–Crippen LogP) is 9.14. The average molecular weight is 587 g/mol. The second-order valence-corrected chi connectivity index (χ2v) is 10.9. The zero-order valence-electron chi connectivity index (χ0n) is 24.4. The minimum absolute atomic E-state index is 0.515. The lowest BCUT2D eigenvalue weighted by Crippen LogP contribution is -1.94. The average Bonchev–Trinajstić information content (AvgIpc) is 3.13. The standard InChI is InChI=1S/C40H22N6/c41-20-25-15-17-44-37(19-25)36-14-11-27(24-46-36)38-30-6-1-3-8-32(30)39(33-9-4-2-7-31(33)38)35-13-12-29(34-10-5-16-45-40(34)35)28-18-26(21-42)22-43-23-28/h1-19,22-24H. The molecule has 0 atom stereocenters. The van der Waals surface area contributed by atoms with Crippen LogP contribution in [-0.2, 0) is 0 Å². The molecule has 0 N–H and O–H groups in total. The van der Waals surface area contributed by atoms with E-state index >= 15 is 0 Å². The van der Waals surface area contributed by atoms with Gasteiger partial charge in [0.25, 0.3) is 0 Å². The van der Waals surface area contributed by atoms with E-state index in [2.05, 4.69) is 94.9 Å². The summed E-state index contributed by atoms with van der Waals surface area (Å²) in [6, 6.07) is 38.9. The number of pyridine rings is 4. The minimum atomic E-state index is 0.515. The van der Waals surface area contributed by atoms with Crippen molar-refractivity contribution in [1.29, 1.82) is 10.5 Å². The van der Waals surface area contributed by atoms with Crippen LogP contribution in [-0.4, -0.2) is 19.9 Å². The zero-order chi connectivity index (χ0) is 31.0. The molecule has 46 heavy (non-hydrogen) atoms. The van der Waals surface area contributed by atoms with Crippen molar-refractivity contribution in [3.05, 3.63) is 145 Å². The third kappa shape index (κ3) is 4.42. The molecule has 0 saturated heterocycles. The fourth-order valence-electron chi connectivity index (χ4n) is 6.34. The summed E-state index contributed by atoms with van der Waals surface area (Å²) in [5.74, 6) is 0. The van der Waals surface area contributed by atoms with Crippen molar-refractivity contribution in [1.82, 2.24) is 19.9 Å². The van der Waals surface area contributed by atoms with Gasteiger partial charge in [-0.1, -0.05) is 72.8 Å². The summed E-state index contributed by atoms with van der Waals surface area (Å²) in [7, 11) is 0. The lowest BCUT2D eigenvalue weighted by Gasteiger charge is -2.19. The van der Waals surface area contributed by atoms with Crippen LogP contribution in [0.25, 0.3) is 77.2 Å².